The van der Waals surface area contributed by atoms with Crippen LogP contribution in [0, 0.1) is 6.92 Å². The fraction of sp³-hybridized carbons (Fsp3) is 0.462. The molecule has 1 aliphatic heterocycles. The van der Waals surface area contributed by atoms with E-state index in [1.54, 1.807) is 11.0 Å². The summed E-state index contributed by atoms with van der Waals surface area (Å²) < 4.78 is 5.00. The van der Waals surface area contributed by atoms with Crippen LogP contribution in [0.15, 0.2) is 16.7 Å². The molecule has 1 amide bonds. The molecule has 7 heteroatoms. The fourth-order valence-electron chi connectivity index (χ4n) is 2.55. The number of H-pyrrole nitrogens is 1. The standard InChI is InChI=1S/C13H15ClN4O2/c1-8-15-12(17-16-8)10-4-2-3-6-18(10)13(19)9-5-7-20-11(9)14/h5,7,10H,2-4,6H2,1H3,(H,15,16,17). The Balaban J connectivity index is 1.89. The maximum atomic E-state index is 12.6. The average molecular weight is 295 g/mol. The maximum absolute atomic E-state index is 12.6. The number of halogens is 1. The zero-order chi connectivity index (χ0) is 14.1. The van der Waals surface area contributed by atoms with Crippen LogP contribution in [0.4, 0.5) is 0 Å². The Bertz CT molecular complexity index is 621. The number of hydrogen-bond donors (Lipinski definition) is 1. The Labute approximate surface area is 121 Å². The minimum absolute atomic E-state index is 0.104. The molecule has 1 saturated heterocycles. The van der Waals surface area contributed by atoms with Gasteiger partial charge < -0.3 is 9.32 Å². The molecule has 106 valence electrons. The minimum Gasteiger partial charge on any atom is -0.452 e. The van der Waals surface area contributed by atoms with E-state index in [0.717, 1.165) is 25.1 Å². The number of amides is 1. The number of carbonyl (C=O) groups excluding carboxylic acids is 1. The number of nitrogens with zero attached hydrogens (tertiary/aromatic N) is 3. The second-order valence-electron chi connectivity index (χ2n) is 4.90. The lowest BCUT2D eigenvalue weighted by molar-refractivity contribution is 0.0600. The first-order valence-electron chi connectivity index (χ1n) is 6.59. The van der Waals surface area contributed by atoms with Crippen molar-refractivity contribution >= 4 is 17.5 Å². The van der Waals surface area contributed by atoms with Gasteiger partial charge in [0.15, 0.2) is 5.82 Å². The van der Waals surface area contributed by atoms with Crippen molar-refractivity contribution in [3.05, 3.63) is 34.8 Å². The lowest BCUT2D eigenvalue weighted by atomic mass is 10.0. The van der Waals surface area contributed by atoms with E-state index in [1.807, 2.05) is 6.92 Å². The van der Waals surface area contributed by atoms with Gasteiger partial charge >= 0.3 is 0 Å². The quantitative estimate of drug-likeness (QED) is 0.924. The number of aryl methyl sites for hydroxylation is 1. The Morgan fingerprint density at radius 3 is 3.05 bits per heavy atom. The number of aromatic nitrogens is 3. The molecule has 3 rings (SSSR count). The molecule has 1 atom stereocenters. The van der Waals surface area contributed by atoms with E-state index in [-0.39, 0.29) is 17.2 Å². The van der Waals surface area contributed by atoms with Gasteiger partial charge in [-0.15, -0.1) is 0 Å². The topological polar surface area (TPSA) is 75.0 Å². The number of aromatic amines is 1. The molecule has 20 heavy (non-hydrogen) atoms. The smallest absolute Gasteiger partial charge is 0.259 e. The minimum atomic E-state index is -0.129. The van der Waals surface area contributed by atoms with Crippen molar-refractivity contribution in [2.24, 2.45) is 0 Å². The van der Waals surface area contributed by atoms with E-state index in [1.165, 1.54) is 6.26 Å². The molecular formula is C13H15ClN4O2. The Kier molecular flexibility index (Phi) is 3.48. The highest BCUT2D eigenvalue weighted by atomic mass is 35.5. The van der Waals surface area contributed by atoms with E-state index in [9.17, 15) is 4.79 Å². The molecule has 6 nitrogen and oxygen atoms in total. The monoisotopic (exact) mass is 294 g/mol. The molecule has 1 N–H and O–H groups in total. The third-order valence-corrected chi connectivity index (χ3v) is 3.82. The molecular weight excluding hydrogens is 280 g/mol. The van der Waals surface area contributed by atoms with Crippen LogP contribution in [0.2, 0.25) is 5.22 Å². The first-order chi connectivity index (χ1) is 9.66. The summed E-state index contributed by atoms with van der Waals surface area (Å²) in [5, 5.41) is 7.15. The van der Waals surface area contributed by atoms with Crippen LogP contribution < -0.4 is 0 Å². The summed E-state index contributed by atoms with van der Waals surface area (Å²) in [4.78, 5) is 18.7. The average Bonchev–Trinajstić information content (AvgIpc) is 3.07. The number of piperidine rings is 1. The lowest BCUT2D eigenvalue weighted by Gasteiger charge is -2.33. The first kappa shape index (κ1) is 13.2. The van der Waals surface area contributed by atoms with Crippen LogP contribution in [0.25, 0.3) is 0 Å². The molecule has 3 heterocycles. The van der Waals surface area contributed by atoms with Crippen molar-refractivity contribution in [1.82, 2.24) is 20.1 Å². The molecule has 2 aromatic rings. The van der Waals surface area contributed by atoms with Crippen molar-refractivity contribution in [2.75, 3.05) is 6.54 Å². The van der Waals surface area contributed by atoms with E-state index in [4.69, 9.17) is 16.0 Å². The van der Waals surface area contributed by atoms with Gasteiger partial charge in [0.2, 0.25) is 5.22 Å². The van der Waals surface area contributed by atoms with Crippen molar-refractivity contribution in [3.8, 4) is 0 Å². The van der Waals surface area contributed by atoms with Gasteiger partial charge in [0.05, 0.1) is 17.9 Å². The third-order valence-electron chi connectivity index (χ3n) is 3.52. The zero-order valence-electron chi connectivity index (χ0n) is 11.1. The summed E-state index contributed by atoms with van der Waals surface area (Å²) in [6.07, 6.45) is 4.31. The number of hydrogen-bond acceptors (Lipinski definition) is 4. The van der Waals surface area contributed by atoms with Gasteiger partial charge in [-0.05, 0) is 43.9 Å². The number of furan rings is 1. The summed E-state index contributed by atoms with van der Waals surface area (Å²) in [6, 6.07) is 1.49. The molecule has 0 radical (unpaired) electrons. The second-order valence-corrected chi connectivity index (χ2v) is 5.24. The van der Waals surface area contributed by atoms with Gasteiger partial charge in [-0.2, -0.15) is 5.10 Å². The molecule has 1 unspecified atom stereocenters. The van der Waals surface area contributed by atoms with Crippen molar-refractivity contribution in [2.45, 2.75) is 32.2 Å². The Morgan fingerprint density at radius 1 is 1.55 bits per heavy atom. The number of nitrogens with one attached hydrogen (secondary N) is 1. The predicted octanol–water partition coefficient (Wildman–Crippen LogP) is 2.73. The molecule has 0 aliphatic carbocycles. The van der Waals surface area contributed by atoms with E-state index in [2.05, 4.69) is 15.2 Å². The number of rotatable bonds is 2. The van der Waals surface area contributed by atoms with Crippen molar-refractivity contribution in [3.63, 3.8) is 0 Å². The largest absolute Gasteiger partial charge is 0.452 e. The summed E-state index contributed by atoms with van der Waals surface area (Å²) in [6.45, 7) is 2.52. The third kappa shape index (κ3) is 2.31. The van der Waals surface area contributed by atoms with Crippen LogP contribution in [0.3, 0.4) is 0 Å². The highest BCUT2D eigenvalue weighted by Gasteiger charge is 2.32. The highest BCUT2D eigenvalue weighted by molar-refractivity contribution is 6.32. The van der Waals surface area contributed by atoms with E-state index in [0.29, 0.717) is 17.9 Å². The molecule has 2 aromatic heterocycles. The lowest BCUT2D eigenvalue weighted by Crippen LogP contribution is -2.39. The molecule has 0 bridgehead atoms. The summed E-state index contributed by atoms with van der Waals surface area (Å²) in [5.41, 5.74) is 0.394. The van der Waals surface area contributed by atoms with Crippen molar-refractivity contribution in [1.29, 1.82) is 0 Å². The van der Waals surface area contributed by atoms with Gasteiger partial charge in [-0.3, -0.25) is 9.89 Å². The van der Waals surface area contributed by atoms with Crippen LogP contribution >= 0.6 is 11.6 Å². The fourth-order valence-corrected chi connectivity index (χ4v) is 2.75. The summed E-state index contributed by atoms with van der Waals surface area (Å²) >= 11 is 5.90. The van der Waals surface area contributed by atoms with Crippen LogP contribution in [0.1, 0.15) is 47.3 Å². The Morgan fingerprint density at radius 2 is 2.40 bits per heavy atom. The van der Waals surface area contributed by atoms with Gasteiger partial charge in [0.1, 0.15) is 5.82 Å². The molecule has 0 aromatic carbocycles. The van der Waals surface area contributed by atoms with Crippen LogP contribution in [0.5, 0.6) is 0 Å². The Hall–Kier alpha value is -1.82. The van der Waals surface area contributed by atoms with Crippen LogP contribution in [-0.4, -0.2) is 32.5 Å². The maximum Gasteiger partial charge on any atom is 0.259 e. The normalized spacial score (nSPS) is 19.3. The summed E-state index contributed by atoms with van der Waals surface area (Å²) in [5.74, 6) is 1.28. The van der Waals surface area contributed by atoms with Crippen molar-refractivity contribution < 1.29 is 9.21 Å². The van der Waals surface area contributed by atoms with E-state index < -0.39 is 0 Å². The zero-order valence-corrected chi connectivity index (χ0v) is 11.9. The highest BCUT2D eigenvalue weighted by Crippen LogP contribution is 2.31. The molecule has 0 saturated carbocycles. The van der Waals surface area contributed by atoms with Crippen LogP contribution in [-0.2, 0) is 0 Å². The van der Waals surface area contributed by atoms with E-state index >= 15 is 0 Å². The van der Waals surface area contributed by atoms with Gasteiger partial charge in [0.25, 0.3) is 5.91 Å². The second kappa shape index (κ2) is 5.28. The van der Waals surface area contributed by atoms with Gasteiger partial charge in [-0.1, -0.05) is 0 Å². The number of likely N-dealkylation sites (tertiary alicyclic amines) is 1. The predicted molar refractivity (Wildman–Crippen MR) is 72.5 cm³/mol. The molecule has 1 fully saturated rings. The number of carbonyl (C=O) groups is 1. The molecule has 0 spiro atoms. The molecule has 1 aliphatic rings. The summed E-state index contributed by atoms with van der Waals surface area (Å²) in [7, 11) is 0. The SMILES string of the molecule is Cc1nc(C2CCCCN2C(=O)c2ccoc2Cl)n[nH]1. The first-order valence-corrected chi connectivity index (χ1v) is 6.97. The van der Waals surface area contributed by atoms with Gasteiger partial charge in [-0.25, -0.2) is 4.98 Å². The van der Waals surface area contributed by atoms with Gasteiger partial charge in [0, 0.05) is 6.54 Å².